The van der Waals surface area contributed by atoms with Gasteiger partial charge in [-0.25, -0.2) is 4.79 Å². The van der Waals surface area contributed by atoms with E-state index >= 15 is 0 Å². The van der Waals surface area contributed by atoms with Crippen LogP contribution in [0.2, 0.25) is 0 Å². The average molecular weight is 347 g/mol. The maximum absolute atomic E-state index is 12.5. The highest BCUT2D eigenvalue weighted by Gasteiger charge is 2.24. The predicted octanol–water partition coefficient (Wildman–Crippen LogP) is 2.64. The van der Waals surface area contributed by atoms with Crippen molar-refractivity contribution in [2.45, 2.75) is 38.9 Å². The van der Waals surface area contributed by atoms with Gasteiger partial charge >= 0.3 is 6.03 Å². The Morgan fingerprint density at radius 1 is 1.29 bits per heavy atom. The van der Waals surface area contributed by atoms with Gasteiger partial charge in [-0.1, -0.05) is 0 Å². The number of hydrogen-bond acceptors (Lipinski definition) is 4. The minimum atomic E-state index is -0.282. The molecular weight excluding hydrogens is 326 g/mol. The summed E-state index contributed by atoms with van der Waals surface area (Å²) in [5, 5.41) is 5.45. The van der Waals surface area contributed by atoms with Gasteiger partial charge in [-0.2, -0.15) is 0 Å². The van der Waals surface area contributed by atoms with Gasteiger partial charge in [-0.15, -0.1) is 11.3 Å². The summed E-state index contributed by atoms with van der Waals surface area (Å²) in [5.74, 6) is 0.586. The zero-order chi connectivity index (χ0) is 16.9. The first-order valence-electron chi connectivity index (χ1n) is 8.00. The molecule has 128 valence electrons. The first-order valence-corrected chi connectivity index (χ1v) is 8.81. The Morgan fingerprint density at radius 2 is 2.12 bits per heavy atom. The predicted molar refractivity (Wildman–Crippen MR) is 91.6 cm³/mol. The van der Waals surface area contributed by atoms with Crippen LogP contribution in [0, 0.1) is 6.92 Å². The number of nitrogens with one attached hydrogen (secondary N) is 2. The fraction of sp³-hybridized carbons (Fsp3) is 0.412. The Labute approximate surface area is 144 Å². The Morgan fingerprint density at radius 3 is 2.75 bits per heavy atom. The second-order valence-corrected chi connectivity index (χ2v) is 7.32. The van der Waals surface area contributed by atoms with Crippen molar-refractivity contribution in [3.63, 3.8) is 0 Å². The highest BCUT2D eigenvalue weighted by molar-refractivity contribution is 7.11. The van der Waals surface area contributed by atoms with Crippen molar-refractivity contribution in [3.05, 3.63) is 46.0 Å². The van der Waals surface area contributed by atoms with Crippen molar-refractivity contribution < 1.29 is 14.0 Å². The fourth-order valence-corrected chi connectivity index (χ4v) is 3.22. The summed E-state index contributed by atoms with van der Waals surface area (Å²) in [5.41, 5.74) is 0. The molecule has 0 bridgehead atoms. The van der Waals surface area contributed by atoms with Crippen LogP contribution in [0.3, 0.4) is 0 Å². The third-order valence-corrected chi connectivity index (χ3v) is 4.72. The van der Waals surface area contributed by atoms with Crippen LogP contribution in [0.5, 0.6) is 0 Å². The second kappa shape index (κ2) is 7.53. The summed E-state index contributed by atoms with van der Waals surface area (Å²) in [6.45, 7) is 2.90. The van der Waals surface area contributed by atoms with E-state index in [-0.39, 0.29) is 24.5 Å². The SMILES string of the molecule is Cc1ccc(CN(Cc2ccco2)C(=O)CNC(=O)NC2CC2)s1. The summed E-state index contributed by atoms with van der Waals surface area (Å²) >= 11 is 1.66. The average Bonchev–Trinajstić information content (AvgIpc) is 3.04. The van der Waals surface area contributed by atoms with Crippen molar-refractivity contribution in [2.75, 3.05) is 6.54 Å². The van der Waals surface area contributed by atoms with Crippen molar-refractivity contribution in [2.24, 2.45) is 0 Å². The molecule has 3 rings (SSSR count). The van der Waals surface area contributed by atoms with Gasteiger partial charge in [0, 0.05) is 15.8 Å². The first-order chi connectivity index (χ1) is 11.6. The summed E-state index contributed by atoms with van der Waals surface area (Å²) in [4.78, 5) is 28.2. The molecule has 24 heavy (non-hydrogen) atoms. The topological polar surface area (TPSA) is 74.6 Å². The smallest absolute Gasteiger partial charge is 0.315 e. The maximum Gasteiger partial charge on any atom is 0.315 e. The number of nitrogens with zero attached hydrogens (tertiary/aromatic N) is 1. The monoisotopic (exact) mass is 347 g/mol. The molecule has 3 amide bonds. The molecule has 0 unspecified atom stereocenters. The minimum absolute atomic E-state index is 0.0242. The van der Waals surface area contributed by atoms with Crippen molar-refractivity contribution in [1.29, 1.82) is 0 Å². The Hall–Kier alpha value is -2.28. The van der Waals surface area contributed by atoms with Crippen LogP contribution in [-0.4, -0.2) is 29.4 Å². The number of hydrogen-bond donors (Lipinski definition) is 2. The van der Waals surface area contributed by atoms with Gasteiger partial charge in [0.15, 0.2) is 0 Å². The molecule has 0 aromatic carbocycles. The Bertz CT molecular complexity index is 692. The molecule has 2 aromatic heterocycles. The van der Waals surface area contributed by atoms with Crippen molar-refractivity contribution in [1.82, 2.24) is 15.5 Å². The maximum atomic E-state index is 12.5. The van der Waals surface area contributed by atoms with Crippen molar-refractivity contribution >= 4 is 23.3 Å². The molecule has 2 aromatic rings. The molecule has 0 radical (unpaired) electrons. The van der Waals surface area contributed by atoms with Gasteiger partial charge in [-0.3, -0.25) is 4.79 Å². The van der Waals surface area contributed by atoms with E-state index in [0.717, 1.165) is 23.5 Å². The van der Waals surface area contributed by atoms with E-state index in [1.165, 1.54) is 4.88 Å². The zero-order valence-corrected chi connectivity index (χ0v) is 14.4. The summed E-state index contributed by atoms with van der Waals surface area (Å²) in [6.07, 6.45) is 3.63. The van der Waals surface area contributed by atoms with E-state index < -0.39 is 0 Å². The molecule has 0 atom stereocenters. The van der Waals surface area contributed by atoms with Crippen LogP contribution >= 0.6 is 11.3 Å². The summed E-state index contributed by atoms with van der Waals surface area (Å²) in [6, 6.07) is 7.69. The van der Waals surface area contributed by atoms with Crippen LogP contribution in [0.4, 0.5) is 4.79 Å². The van der Waals surface area contributed by atoms with Gasteiger partial charge < -0.3 is 20.0 Å². The highest BCUT2D eigenvalue weighted by Crippen LogP contribution is 2.19. The fourth-order valence-electron chi connectivity index (χ4n) is 2.31. The van der Waals surface area contributed by atoms with E-state index in [4.69, 9.17) is 4.42 Å². The van der Waals surface area contributed by atoms with Gasteiger partial charge in [0.2, 0.25) is 5.91 Å². The van der Waals surface area contributed by atoms with Gasteiger partial charge in [-0.05, 0) is 44.0 Å². The molecule has 1 fully saturated rings. The summed E-state index contributed by atoms with van der Waals surface area (Å²) in [7, 11) is 0. The van der Waals surface area contributed by atoms with Crippen LogP contribution in [0.15, 0.2) is 34.9 Å². The molecule has 0 saturated heterocycles. The molecule has 1 aliphatic rings. The van der Waals surface area contributed by atoms with E-state index in [2.05, 4.69) is 10.6 Å². The van der Waals surface area contributed by atoms with Crippen LogP contribution in [0.1, 0.15) is 28.4 Å². The molecule has 2 heterocycles. The van der Waals surface area contributed by atoms with E-state index in [9.17, 15) is 9.59 Å². The van der Waals surface area contributed by atoms with E-state index in [1.54, 1.807) is 28.6 Å². The molecule has 2 N–H and O–H groups in total. The van der Waals surface area contributed by atoms with Gasteiger partial charge in [0.1, 0.15) is 5.76 Å². The minimum Gasteiger partial charge on any atom is -0.467 e. The normalized spacial score (nSPS) is 13.5. The number of aryl methyl sites for hydroxylation is 1. The number of amides is 3. The van der Waals surface area contributed by atoms with Gasteiger partial charge in [0.05, 0.1) is 25.9 Å². The number of furan rings is 1. The van der Waals surface area contributed by atoms with Crippen molar-refractivity contribution in [3.8, 4) is 0 Å². The quantitative estimate of drug-likeness (QED) is 0.808. The molecular formula is C17H21N3O3S. The van der Waals surface area contributed by atoms with E-state index in [0.29, 0.717) is 13.1 Å². The number of thiophene rings is 1. The lowest BCUT2D eigenvalue weighted by Crippen LogP contribution is -2.43. The lowest BCUT2D eigenvalue weighted by Gasteiger charge is -2.21. The Balaban J connectivity index is 1.58. The molecule has 6 nitrogen and oxygen atoms in total. The second-order valence-electron chi connectivity index (χ2n) is 5.94. The molecule has 0 spiro atoms. The van der Waals surface area contributed by atoms with Crippen LogP contribution in [-0.2, 0) is 17.9 Å². The number of urea groups is 1. The lowest BCUT2D eigenvalue weighted by molar-refractivity contribution is -0.131. The lowest BCUT2D eigenvalue weighted by atomic mass is 10.3. The van der Waals surface area contributed by atoms with Crippen LogP contribution in [0.25, 0.3) is 0 Å². The number of carbonyl (C=O) groups is 2. The first kappa shape index (κ1) is 16.6. The molecule has 1 aliphatic carbocycles. The zero-order valence-electron chi connectivity index (χ0n) is 13.6. The largest absolute Gasteiger partial charge is 0.467 e. The molecule has 7 heteroatoms. The third-order valence-electron chi connectivity index (χ3n) is 3.73. The summed E-state index contributed by atoms with van der Waals surface area (Å²) < 4.78 is 5.35. The number of rotatable bonds is 7. The van der Waals surface area contributed by atoms with Crippen LogP contribution < -0.4 is 10.6 Å². The molecule has 1 saturated carbocycles. The third kappa shape index (κ3) is 4.86. The van der Waals surface area contributed by atoms with Gasteiger partial charge in [0.25, 0.3) is 0 Å². The molecule has 0 aliphatic heterocycles. The van der Waals surface area contributed by atoms with E-state index in [1.807, 2.05) is 25.1 Å². The standard InChI is InChI=1S/C17H21N3O3S/c1-12-4-7-15(24-12)11-20(10-14-3-2-8-23-14)16(21)9-18-17(22)19-13-5-6-13/h2-4,7-8,13H,5-6,9-11H2,1H3,(H2,18,19,22). The highest BCUT2D eigenvalue weighted by atomic mass is 32.1. The number of carbonyl (C=O) groups excluding carboxylic acids is 2. The Kier molecular flexibility index (Phi) is 5.20.